The van der Waals surface area contributed by atoms with E-state index in [1.807, 2.05) is 12.2 Å². The number of ether oxygens (including phenoxy) is 3. The van der Waals surface area contributed by atoms with Crippen molar-refractivity contribution in [2.75, 3.05) is 13.2 Å². The van der Waals surface area contributed by atoms with Crippen molar-refractivity contribution in [3.63, 3.8) is 0 Å². The SMILES string of the molecule is CCOC(=O)[C@@]12C[C@@H]1/C=C\CCCCC[C@H](NC(=O)OC(C)(C)C)C(=O)N1C[C@H](OC(=O)N3Cc4cccc(F)c4C3)C[C@H]1C(=O)N2C(O)c1ccccc1. The maximum atomic E-state index is 15.2. The highest BCUT2D eigenvalue weighted by atomic mass is 19.1. The molecule has 2 N–H and O–H groups in total. The summed E-state index contributed by atoms with van der Waals surface area (Å²) in [5, 5.41) is 14.8. The Hall–Kier alpha value is -4.98. The highest BCUT2D eigenvalue weighted by Crippen LogP contribution is 2.54. The molecule has 1 saturated heterocycles. The van der Waals surface area contributed by atoms with Crippen molar-refractivity contribution in [3.8, 4) is 0 Å². The van der Waals surface area contributed by atoms with Gasteiger partial charge >= 0.3 is 18.2 Å². The van der Waals surface area contributed by atoms with E-state index in [4.69, 9.17) is 14.2 Å². The molecule has 6 atom stereocenters. The van der Waals surface area contributed by atoms with Crippen LogP contribution in [0, 0.1) is 11.7 Å². The number of carbonyl (C=O) groups is 5. The molecule has 2 aromatic carbocycles. The Morgan fingerprint density at radius 2 is 1.78 bits per heavy atom. The van der Waals surface area contributed by atoms with Crippen LogP contribution < -0.4 is 5.32 Å². The molecule has 4 amide bonds. The maximum Gasteiger partial charge on any atom is 0.410 e. The minimum atomic E-state index is -1.61. The van der Waals surface area contributed by atoms with E-state index < -0.39 is 77.3 Å². The van der Waals surface area contributed by atoms with Gasteiger partial charge in [-0.15, -0.1) is 0 Å². The van der Waals surface area contributed by atoms with E-state index in [0.717, 1.165) is 17.7 Å². The van der Waals surface area contributed by atoms with Gasteiger partial charge in [-0.2, -0.15) is 0 Å². The number of fused-ring (bicyclic) bond motifs is 3. The molecule has 14 heteroatoms. The highest BCUT2D eigenvalue weighted by molar-refractivity contribution is 5.97. The lowest BCUT2D eigenvalue weighted by molar-refractivity contribution is -0.171. The first-order chi connectivity index (χ1) is 26.2. The molecule has 0 bridgehead atoms. The summed E-state index contributed by atoms with van der Waals surface area (Å²) in [5.74, 6) is -2.93. The second-order valence-electron chi connectivity index (χ2n) is 15.7. The third kappa shape index (κ3) is 8.64. The van der Waals surface area contributed by atoms with Crippen LogP contribution in [0.5, 0.6) is 0 Å². The molecule has 0 spiro atoms. The van der Waals surface area contributed by atoms with E-state index >= 15 is 4.79 Å². The molecule has 1 unspecified atom stereocenters. The number of aliphatic hydroxyl groups excluding tert-OH is 1. The number of amides is 4. The van der Waals surface area contributed by atoms with E-state index in [2.05, 4.69) is 5.32 Å². The zero-order valence-electron chi connectivity index (χ0n) is 31.9. The van der Waals surface area contributed by atoms with Gasteiger partial charge in [0.1, 0.15) is 35.1 Å². The Bertz CT molecular complexity index is 1800. The number of carbonyl (C=O) groups excluding carboxylic acids is 5. The van der Waals surface area contributed by atoms with Gasteiger partial charge in [0.25, 0.3) is 0 Å². The predicted octanol–water partition coefficient (Wildman–Crippen LogP) is 5.50. The number of aliphatic hydroxyl groups is 1. The Labute approximate surface area is 320 Å². The van der Waals surface area contributed by atoms with Gasteiger partial charge in [0.05, 0.1) is 19.7 Å². The van der Waals surface area contributed by atoms with Crippen LogP contribution in [0.15, 0.2) is 60.7 Å². The van der Waals surface area contributed by atoms with Crippen LogP contribution in [0.1, 0.15) is 95.6 Å². The van der Waals surface area contributed by atoms with Crippen molar-refractivity contribution in [1.82, 2.24) is 20.0 Å². The van der Waals surface area contributed by atoms with E-state index in [9.17, 15) is 28.7 Å². The molecule has 55 heavy (non-hydrogen) atoms. The highest BCUT2D eigenvalue weighted by Gasteiger charge is 2.68. The molecule has 2 aromatic rings. The number of rotatable bonds is 6. The van der Waals surface area contributed by atoms with E-state index in [0.29, 0.717) is 29.5 Å². The third-order valence-electron chi connectivity index (χ3n) is 10.6. The van der Waals surface area contributed by atoms with Crippen molar-refractivity contribution < 1.29 is 47.7 Å². The lowest BCUT2D eigenvalue weighted by atomic mass is 10.0. The first-order valence-corrected chi connectivity index (χ1v) is 19.2. The topological polar surface area (TPSA) is 155 Å². The second kappa shape index (κ2) is 16.4. The van der Waals surface area contributed by atoms with Crippen molar-refractivity contribution in [3.05, 3.63) is 83.2 Å². The zero-order chi connectivity index (χ0) is 39.5. The monoisotopic (exact) mass is 762 g/mol. The molecular weight excluding hydrogens is 711 g/mol. The number of nitrogens with zero attached hydrogens (tertiary/aromatic N) is 3. The van der Waals surface area contributed by atoms with Gasteiger partial charge in [-0.05, 0) is 65.0 Å². The van der Waals surface area contributed by atoms with Gasteiger partial charge in [-0.25, -0.2) is 18.8 Å². The van der Waals surface area contributed by atoms with E-state index in [1.165, 1.54) is 15.9 Å². The molecule has 4 aliphatic rings. The fraction of sp³-hybridized carbons (Fsp3) is 0.537. The Morgan fingerprint density at radius 3 is 2.49 bits per heavy atom. The third-order valence-corrected chi connectivity index (χ3v) is 10.6. The van der Waals surface area contributed by atoms with Gasteiger partial charge in [-0.1, -0.05) is 67.5 Å². The molecule has 1 aliphatic carbocycles. The van der Waals surface area contributed by atoms with Gasteiger partial charge in [-0.3, -0.25) is 19.4 Å². The van der Waals surface area contributed by atoms with E-state index in [1.54, 1.807) is 70.2 Å². The van der Waals surface area contributed by atoms with Crippen molar-refractivity contribution in [2.24, 2.45) is 5.92 Å². The van der Waals surface area contributed by atoms with Crippen LogP contribution in [-0.4, -0.2) is 92.3 Å². The summed E-state index contributed by atoms with van der Waals surface area (Å²) < 4.78 is 31.5. The quantitative estimate of drug-likeness (QED) is 0.221. The van der Waals surface area contributed by atoms with Crippen molar-refractivity contribution in [1.29, 1.82) is 0 Å². The molecule has 2 fully saturated rings. The molecule has 296 valence electrons. The van der Waals surface area contributed by atoms with Gasteiger partial charge in [0, 0.05) is 30.0 Å². The number of hydrogen-bond donors (Lipinski definition) is 2. The minimum Gasteiger partial charge on any atom is -0.464 e. The van der Waals surface area contributed by atoms with Crippen LogP contribution in [0.3, 0.4) is 0 Å². The summed E-state index contributed by atoms with van der Waals surface area (Å²) in [6, 6.07) is 10.7. The fourth-order valence-electron chi connectivity index (χ4n) is 7.88. The summed E-state index contributed by atoms with van der Waals surface area (Å²) in [4.78, 5) is 74.2. The minimum absolute atomic E-state index is 0.00550. The summed E-state index contributed by atoms with van der Waals surface area (Å²) >= 11 is 0. The summed E-state index contributed by atoms with van der Waals surface area (Å²) in [6.07, 6.45) is 2.72. The number of allylic oxidation sites excluding steroid dienone is 1. The fourth-order valence-corrected chi connectivity index (χ4v) is 7.88. The number of hydrogen-bond acceptors (Lipinski definition) is 9. The van der Waals surface area contributed by atoms with Crippen LogP contribution in [-0.2, 0) is 41.7 Å². The first kappa shape index (κ1) is 39.7. The number of esters is 1. The van der Waals surface area contributed by atoms with Crippen molar-refractivity contribution in [2.45, 2.75) is 121 Å². The number of halogens is 1. The first-order valence-electron chi connectivity index (χ1n) is 19.2. The molecule has 3 aliphatic heterocycles. The van der Waals surface area contributed by atoms with Crippen LogP contribution in [0.4, 0.5) is 14.0 Å². The molecule has 13 nitrogen and oxygen atoms in total. The van der Waals surface area contributed by atoms with Crippen LogP contribution >= 0.6 is 0 Å². The summed E-state index contributed by atoms with van der Waals surface area (Å²) in [5.41, 5.74) is -1.04. The van der Waals surface area contributed by atoms with Crippen LogP contribution in [0.2, 0.25) is 0 Å². The van der Waals surface area contributed by atoms with Gasteiger partial charge in [0.15, 0.2) is 6.23 Å². The van der Waals surface area contributed by atoms with Crippen LogP contribution in [0.25, 0.3) is 0 Å². The molecule has 6 rings (SSSR count). The normalized spacial score (nSPS) is 26.8. The second-order valence-corrected chi connectivity index (χ2v) is 15.7. The summed E-state index contributed by atoms with van der Waals surface area (Å²) in [6.45, 7) is 6.72. The van der Waals surface area contributed by atoms with Crippen molar-refractivity contribution >= 4 is 30.0 Å². The Morgan fingerprint density at radius 1 is 1.02 bits per heavy atom. The average Bonchev–Trinajstić information content (AvgIpc) is 3.44. The smallest absolute Gasteiger partial charge is 0.410 e. The predicted molar refractivity (Wildman–Crippen MR) is 197 cm³/mol. The van der Waals surface area contributed by atoms with E-state index in [-0.39, 0.29) is 45.5 Å². The molecule has 0 radical (unpaired) electrons. The lowest BCUT2D eigenvalue weighted by Crippen LogP contribution is -2.59. The number of alkyl carbamates (subject to hydrolysis) is 1. The Balaban J connectivity index is 1.37. The average molecular weight is 763 g/mol. The van der Waals surface area contributed by atoms with Gasteiger partial charge < -0.3 is 29.5 Å². The molecule has 1 saturated carbocycles. The standard InChI is InChI=1S/C41H51FN4O9/c1-5-53-37(50)41-22-28(41)18-12-7-6-8-13-20-32(43-38(51)55-40(2,3)4)35(48)45-24-29(54-39(52)44-23-27-17-14-19-31(42)30(27)25-44)21-33(45)36(49)46(41)34(47)26-15-10-9-11-16-26/h9-12,14-19,28-29,32-34,47H,5-8,13,20-25H2,1-4H3,(H,43,51)/b18-12-/t28-,29+,32-,33-,34?,41+/m0/s1. The molecule has 3 heterocycles. The zero-order valence-corrected chi connectivity index (χ0v) is 31.9. The number of nitrogens with one attached hydrogen (secondary N) is 1. The largest absolute Gasteiger partial charge is 0.464 e. The number of benzene rings is 2. The van der Waals surface area contributed by atoms with Gasteiger partial charge in [0.2, 0.25) is 11.8 Å². The Kier molecular flexibility index (Phi) is 11.8. The maximum absolute atomic E-state index is 15.2. The molecular formula is C41H51FN4O9. The molecule has 0 aromatic heterocycles. The summed E-state index contributed by atoms with van der Waals surface area (Å²) in [7, 11) is 0. The lowest BCUT2D eigenvalue weighted by Gasteiger charge is -2.39.